The van der Waals surface area contributed by atoms with Crippen LogP contribution >= 0.6 is 0 Å². The standard InChI is InChI=1S/C18H22N6O2/c1-12-16(17(25)24-18(19-12)20-13(2)21-24)23-10-8-22(9-11-23)14-4-6-15(26-3)7-5-14/h4-7H,8-11H2,1-3H3,(H,19,20,21). The summed E-state index contributed by atoms with van der Waals surface area (Å²) in [7, 11) is 1.67. The van der Waals surface area contributed by atoms with Crippen molar-refractivity contribution < 1.29 is 4.74 Å². The fourth-order valence-electron chi connectivity index (χ4n) is 3.46. The maximum absolute atomic E-state index is 12.9. The molecule has 1 aliphatic rings. The first-order chi connectivity index (χ1) is 12.6. The van der Waals surface area contributed by atoms with E-state index in [-0.39, 0.29) is 5.56 Å². The highest BCUT2D eigenvalue weighted by molar-refractivity contribution is 5.55. The van der Waals surface area contributed by atoms with Crippen LogP contribution in [0.2, 0.25) is 0 Å². The molecule has 8 nitrogen and oxygen atoms in total. The Morgan fingerprint density at radius 3 is 2.31 bits per heavy atom. The molecule has 1 aromatic carbocycles. The highest BCUT2D eigenvalue weighted by atomic mass is 16.5. The number of piperazine rings is 1. The molecule has 0 unspecified atom stereocenters. The molecule has 0 bridgehead atoms. The molecule has 0 spiro atoms. The third-order valence-electron chi connectivity index (χ3n) is 4.79. The van der Waals surface area contributed by atoms with E-state index in [9.17, 15) is 4.79 Å². The van der Waals surface area contributed by atoms with Gasteiger partial charge in [0, 0.05) is 31.9 Å². The minimum absolute atomic E-state index is 0.0917. The molecular formula is C18H22N6O2. The zero-order chi connectivity index (χ0) is 18.3. The lowest BCUT2D eigenvalue weighted by atomic mass is 10.2. The summed E-state index contributed by atoms with van der Waals surface area (Å²) >= 11 is 0. The summed E-state index contributed by atoms with van der Waals surface area (Å²) in [6.45, 7) is 6.91. The molecule has 1 fully saturated rings. The molecule has 0 aliphatic carbocycles. The number of ether oxygens (including phenoxy) is 1. The predicted octanol–water partition coefficient (Wildman–Crippen LogP) is 1.37. The van der Waals surface area contributed by atoms with Gasteiger partial charge in [-0.1, -0.05) is 0 Å². The maximum atomic E-state index is 12.9. The van der Waals surface area contributed by atoms with Crippen molar-refractivity contribution in [1.29, 1.82) is 0 Å². The lowest BCUT2D eigenvalue weighted by molar-refractivity contribution is 0.415. The number of nitrogens with one attached hydrogen (secondary N) is 1. The zero-order valence-electron chi connectivity index (χ0n) is 15.2. The maximum Gasteiger partial charge on any atom is 0.297 e. The van der Waals surface area contributed by atoms with Gasteiger partial charge >= 0.3 is 0 Å². The number of H-pyrrole nitrogens is 1. The molecular weight excluding hydrogens is 332 g/mol. The summed E-state index contributed by atoms with van der Waals surface area (Å²) in [5.74, 6) is 1.95. The van der Waals surface area contributed by atoms with Gasteiger partial charge in [-0.2, -0.15) is 9.50 Å². The topological polar surface area (TPSA) is 78.8 Å². The number of methoxy groups -OCH3 is 1. The summed E-state index contributed by atoms with van der Waals surface area (Å²) < 4.78 is 6.64. The van der Waals surface area contributed by atoms with Gasteiger partial charge in [0.05, 0.1) is 12.8 Å². The van der Waals surface area contributed by atoms with Crippen LogP contribution in [0.1, 0.15) is 11.5 Å². The molecule has 136 valence electrons. The van der Waals surface area contributed by atoms with Crippen LogP contribution in [0.15, 0.2) is 29.1 Å². The molecule has 1 N–H and O–H groups in total. The second kappa shape index (κ2) is 6.36. The minimum atomic E-state index is -0.0917. The van der Waals surface area contributed by atoms with Crippen LogP contribution in [0, 0.1) is 13.8 Å². The predicted molar refractivity (Wildman–Crippen MR) is 101 cm³/mol. The van der Waals surface area contributed by atoms with Crippen molar-refractivity contribution in [2.45, 2.75) is 13.8 Å². The van der Waals surface area contributed by atoms with Gasteiger partial charge in [-0.3, -0.25) is 9.89 Å². The first-order valence-electron chi connectivity index (χ1n) is 8.67. The van der Waals surface area contributed by atoms with Crippen LogP contribution in [0.5, 0.6) is 5.75 Å². The number of hydrogen-bond donors (Lipinski definition) is 1. The lowest BCUT2D eigenvalue weighted by Crippen LogP contribution is -2.48. The monoisotopic (exact) mass is 354 g/mol. The molecule has 0 saturated carbocycles. The van der Waals surface area contributed by atoms with E-state index in [2.05, 4.69) is 37.0 Å². The van der Waals surface area contributed by atoms with Gasteiger partial charge in [-0.15, -0.1) is 0 Å². The molecule has 4 rings (SSSR count). The Bertz CT molecular complexity index is 983. The van der Waals surface area contributed by atoms with Crippen molar-refractivity contribution in [3.63, 3.8) is 0 Å². The van der Waals surface area contributed by atoms with Crippen LogP contribution in [-0.4, -0.2) is 52.9 Å². The van der Waals surface area contributed by atoms with Crippen LogP contribution < -0.4 is 20.1 Å². The third-order valence-corrected chi connectivity index (χ3v) is 4.79. The number of rotatable bonds is 3. The molecule has 0 amide bonds. The van der Waals surface area contributed by atoms with Gasteiger partial charge in [0.2, 0.25) is 0 Å². The van der Waals surface area contributed by atoms with Crippen molar-refractivity contribution in [3.05, 3.63) is 46.1 Å². The highest BCUT2D eigenvalue weighted by Gasteiger charge is 2.23. The van der Waals surface area contributed by atoms with E-state index >= 15 is 0 Å². The lowest BCUT2D eigenvalue weighted by Gasteiger charge is -2.37. The Morgan fingerprint density at radius 1 is 1.00 bits per heavy atom. The second-order valence-electron chi connectivity index (χ2n) is 6.47. The van der Waals surface area contributed by atoms with Crippen LogP contribution in [0.3, 0.4) is 0 Å². The number of aryl methyl sites for hydroxylation is 2. The van der Waals surface area contributed by atoms with E-state index in [1.54, 1.807) is 7.11 Å². The molecule has 3 aromatic rings. The van der Waals surface area contributed by atoms with Crippen molar-refractivity contribution in [3.8, 4) is 5.75 Å². The Morgan fingerprint density at radius 2 is 1.65 bits per heavy atom. The van der Waals surface area contributed by atoms with Crippen molar-refractivity contribution in [2.75, 3.05) is 43.1 Å². The molecule has 1 aliphatic heterocycles. The fraction of sp³-hybridized carbons (Fsp3) is 0.389. The van der Waals surface area contributed by atoms with Gasteiger partial charge < -0.3 is 14.5 Å². The third kappa shape index (κ3) is 2.77. The molecule has 0 atom stereocenters. The van der Waals surface area contributed by atoms with Gasteiger partial charge in [-0.05, 0) is 38.1 Å². The van der Waals surface area contributed by atoms with Crippen LogP contribution in [-0.2, 0) is 0 Å². The average molecular weight is 354 g/mol. The van der Waals surface area contributed by atoms with Crippen molar-refractivity contribution >= 4 is 17.2 Å². The summed E-state index contributed by atoms with van der Waals surface area (Å²) in [6, 6.07) is 8.07. The van der Waals surface area contributed by atoms with E-state index < -0.39 is 0 Å². The number of benzene rings is 1. The van der Waals surface area contributed by atoms with Gasteiger partial charge in [-0.25, -0.2) is 4.98 Å². The van der Waals surface area contributed by atoms with E-state index in [0.29, 0.717) is 17.3 Å². The van der Waals surface area contributed by atoms with Crippen molar-refractivity contribution in [1.82, 2.24) is 19.6 Å². The first-order valence-corrected chi connectivity index (χ1v) is 8.67. The summed E-state index contributed by atoms with van der Waals surface area (Å²) in [5, 5.41) is 2.96. The van der Waals surface area contributed by atoms with Crippen LogP contribution in [0.4, 0.5) is 11.4 Å². The number of hydrogen-bond acceptors (Lipinski definition) is 6. The Balaban J connectivity index is 1.56. The van der Waals surface area contributed by atoms with Gasteiger partial charge in [0.1, 0.15) is 17.3 Å². The number of aromatic nitrogens is 4. The van der Waals surface area contributed by atoms with E-state index in [4.69, 9.17) is 4.74 Å². The summed E-state index contributed by atoms with van der Waals surface area (Å²) in [4.78, 5) is 26.0. The number of anilines is 2. The quantitative estimate of drug-likeness (QED) is 0.765. The van der Waals surface area contributed by atoms with Gasteiger partial charge in [0.15, 0.2) is 0 Å². The minimum Gasteiger partial charge on any atom is -0.497 e. The fourth-order valence-corrected chi connectivity index (χ4v) is 3.46. The molecule has 26 heavy (non-hydrogen) atoms. The highest BCUT2D eigenvalue weighted by Crippen LogP contribution is 2.22. The first kappa shape index (κ1) is 16.4. The van der Waals surface area contributed by atoms with Gasteiger partial charge in [0.25, 0.3) is 11.3 Å². The smallest absolute Gasteiger partial charge is 0.297 e. The Labute approximate surface area is 151 Å². The molecule has 0 radical (unpaired) electrons. The molecule has 8 heteroatoms. The normalized spacial score (nSPS) is 14.9. The van der Waals surface area contributed by atoms with E-state index in [0.717, 1.165) is 43.3 Å². The Hall–Kier alpha value is -3.03. The second-order valence-corrected chi connectivity index (χ2v) is 6.47. The molecule has 1 saturated heterocycles. The van der Waals surface area contributed by atoms with Crippen LogP contribution in [0.25, 0.3) is 5.78 Å². The zero-order valence-corrected chi connectivity index (χ0v) is 15.2. The molecule has 2 aromatic heterocycles. The van der Waals surface area contributed by atoms with Crippen molar-refractivity contribution in [2.24, 2.45) is 0 Å². The Kier molecular flexibility index (Phi) is 4.02. The molecule has 3 heterocycles. The summed E-state index contributed by atoms with van der Waals surface area (Å²) in [5.41, 5.74) is 2.45. The number of nitrogens with zero attached hydrogens (tertiary/aromatic N) is 5. The average Bonchev–Trinajstić information content (AvgIpc) is 3.03. The summed E-state index contributed by atoms with van der Waals surface area (Å²) in [6.07, 6.45) is 0. The van der Waals surface area contributed by atoms with E-state index in [1.807, 2.05) is 26.0 Å². The number of fused-ring (bicyclic) bond motifs is 1. The largest absolute Gasteiger partial charge is 0.497 e. The SMILES string of the molecule is COc1ccc(N2CCN(c3c(C)nc4nc(C)[nH]n4c3=O)CC2)cc1. The van der Waals surface area contributed by atoms with E-state index in [1.165, 1.54) is 4.52 Å². The number of aromatic amines is 1.